The van der Waals surface area contributed by atoms with Gasteiger partial charge < -0.3 is 24.8 Å². The number of allylic oxidation sites excluding steroid dienone is 1. The molecule has 28 heavy (non-hydrogen) atoms. The molecule has 0 spiro atoms. The lowest BCUT2D eigenvalue weighted by Gasteiger charge is -2.24. The van der Waals surface area contributed by atoms with Crippen LogP contribution in [0.4, 0.5) is 0 Å². The van der Waals surface area contributed by atoms with Gasteiger partial charge in [0.1, 0.15) is 24.4 Å². The third-order valence-electron chi connectivity index (χ3n) is 5.49. The number of unbranched alkanes of at least 4 members (excludes halogenated alkanes) is 11. The second-order valence-corrected chi connectivity index (χ2v) is 8.03. The minimum absolute atomic E-state index is 0.0879. The van der Waals surface area contributed by atoms with Crippen molar-refractivity contribution in [3.8, 4) is 0 Å². The van der Waals surface area contributed by atoms with E-state index in [9.17, 15) is 15.3 Å². The Kier molecular flexibility index (Phi) is 15.9. The lowest BCUT2D eigenvalue weighted by molar-refractivity contribution is -0.0996. The summed E-state index contributed by atoms with van der Waals surface area (Å²) < 4.78 is 10.9. The van der Waals surface area contributed by atoms with Crippen LogP contribution in [0.1, 0.15) is 90.4 Å². The molecule has 0 amide bonds. The molecule has 0 unspecified atom stereocenters. The molecule has 0 aromatic heterocycles. The van der Waals surface area contributed by atoms with E-state index in [1.165, 1.54) is 70.6 Å². The third kappa shape index (κ3) is 11.5. The zero-order valence-corrected chi connectivity index (χ0v) is 17.9. The van der Waals surface area contributed by atoms with Crippen molar-refractivity contribution in [3.63, 3.8) is 0 Å². The normalized spacial score (nSPS) is 23.6. The fourth-order valence-corrected chi connectivity index (χ4v) is 3.65. The van der Waals surface area contributed by atoms with Gasteiger partial charge in [-0.15, -0.1) is 0 Å². The smallest absolute Gasteiger partial charge is 0.114 e. The van der Waals surface area contributed by atoms with Gasteiger partial charge >= 0.3 is 0 Å². The molecule has 3 N–H and O–H groups in total. The van der Waals surface area contributed by atoms with Crippen molar-refractivity contribution in [3.05, 3.63) is 12.2 Å². The molecule has 0 aromatic rings. The maximum atomic E-state index is 9.81. The van der Waals surface area contributed by atoms with Crippen molar-refractivity contribution in [2.24, 2.45) is 0 Å². The number of hydrogen-bond acceptors (Lipinski definition) is 5. The highest BCUT2D eigenvalue weighted by atomic mass is 16.6. The van der Waals surface area contributed by atoms with Crippen molar-refractivity contribution < 1.29 is 24.8 Å². The van der Waals surface area contributed by atoms with E-state index in [1.807, 2.05) is 0 Å². The number of ether oxygens (including phenoxy) is 2. The largest absolute Gasteiger partial charge is 0.394 e. The minimum Gasteiger partial charge on any atom is -0.394 e. The predicted molar refractivity (Wildman–Crippen MR) is 113 cm³/mol. The average Bonchev–Trinajstić information content (AvgIpc) is 3.03. The molecule has 0 bridgehead atoms. The van der Waals surface area contributed by atoms with Gasteiger partial charge in [0.15, 0.2) is 0 Å². The molecule has 1 heterocycles. The van der Waals surface area contributed by atoms with Gasteiger partial charge in [0.2, 0.25) is 0 Å². The lowest BCUT2D eigenvalue weighted by atomic mass is 10.1. The third-order valence-corrected chi connectivity index (χ3v) is 5.49. The molecule has 1 saturated heterocycles. The molecule has 1 rings (SSSR count). The fraction of sp³-hybridized carbons (Fsp3) is 0.913. The summed E-state index contributed by atoms with van der Waals surface area (Å²) in [6.45, 7) is 2.60. The summed E-state index contributed by atoms with van der Waals surface area (Å²) in [7, 11) is 0. The molecular formula is C23H44O5. The molecule has 5 heteroatoms. The van der Waals surface area contributed by atoms with Gasteiger partial charge in [0.05, 0.1) is 19.8 Å². The molecule has 1 aliphatic rings. The highest BCUT2D eigenvalue weighted by Crippen LogP contribution is 2.19. The van der Waals surface area contributed by atoms with Crippen LogP contribution >= 0.6 is 0 Å². The zero-order valence-electron chi connectivity index (χ0n) is 17.9. The van der Waals surface area contributed by atoms with E-state index in [1.54, 1.807) is 0 Å². The number of hydrogen-bond donors (Lipinski definition) is 3. The maximum absolute atomic E-state index is 9.81. The summed E-state index contributed by atoms with van der Waals surface area (Å²) in [4.78, 5) is 0. The first-order chi connectivity index (χ1) is 13.7. The summed E-state index contributed by atoms with van der Waals surface area (Å²) >= 11 is 0. The number of aliphatic hydroxyl groups excluding tert-OH is 3. The molecule has 5 nitrogen and oxygen atoms in total. The van der Waals surface area contributed by atoms with Crippen LogP contribution in [0.2, 0.25) is 0 Å². The molecule has 0 radical (unpaired) electrons. The van der Waals surface area contributed by atoms with E-state index in [0.29, 0.717) is 6.61 Å². The van der Waals surface area contributed by atoms with Gasteiger partial charge in [0.25, 0.3) is 0 Å². The Labute approximate surface area is 172 Å². The van der Waals surface area contributed by atoms with E-state index in [-0.39, 0.29) is 13.2 Å². The number of rotatable bonds is 18. The summed E-state index contributed by atoms with van der Waals surface area (Å²) in [5, 5.41) is 28.7. The Hall–Kier alpha value is -0.460. The summed E-state index contributed by atoms with van der Waals surface area (Å²) in [5.41, 5.74) is 0. The molecule has 1 aliphatic heterocycles. The Balaban J connectivity index is 1.89. The van der Waals surface area contributed by atoms with Crippen molar-refractivity contribution in [2.75, 3.05) is 19.8 Å². The molecule has 4 atom stereocenters. The first-order valence-corrected chi connectivity index (χ1v) is 11.6. The van der Waals surface area contributed by atoms with Gasteiger partial charge in [-0.1, -0.05) is 83.3 Å². The summed E-state index contributed by atoms with van der Waals surface area (Å²) in [5.74, 6) is 0. The van der Waals surface area contributed by atoms with E-state index >= 15 is 0 Å². The van der Waals surface area contributed by atoms with Crippen molar-refractivity contribution in [2.45, 2.75) is 115 Å². The van der Waals surface area contributed by atoms with Crippen LogP contribution in [0.5, 0.6) is 0 Å². The zero-order chi connectivity index (χ0) is 20.5. The van der Waals surface area contributed by atoms with Crippen LogP contribution in [0, 0.1) is 0 Å². The molecule has 0 saturated carbocycles. The molecule has 0 aliphatic carbocycles. The van der Waals surface area contributed by atoms with Crippen LogP contribution in [0.15, 0.2) is 12.2 Å². The van der Waals surface area contributed by atoms with E-state index < -0.39 is 24.4 Å². The van der Waals surface area contributed by atoms with Crippen LogP contribution in [0.3, 0.4) is 0 Å². The minimum atomic E-state index is -0.992. The molecule has 0 aromatic carbocycles. The molecule has 1 fully saturated rings. The number of aliphatic hydroxyl groups is 3. The summed E-state index contributed by atoms with van der Waals surface area (Å²) in [6, 6.07) is 0. The van der Waals surface area contributed by atoms with E-state index in [0.717, 1.165) is 12.8 Å². The quantitative estimate of drug-likeness (QED) is 0.238. The van der Waals surface area contributed by atoms with E-state index in [2.05, 4.69) is 19.1 Å². The molecule has 166 valence electrons. The second-order valence-electron chi connectivity index (χ2n) is 8.03. The monoisotopic (exact) mass is 400 g/mol. The highest BCUT2D eigenvalue weighted by Gasteiger charge is 2.40. The first-order valence-electron chi connectivity index (χ1n) is 11.6. The van der Waals surface area contributed by atoms with Crippen molar-refractivity contribution in [1.29, 1.82) is 0 Å². The van der Waals surface area contributed by atoms with Gasteiger partial charge in [-0.05, 0) is 19.3 Å². The van der Waals surface area contributed by atoms with Crippen LogP contribution < -0.4 is 0 Å². The van der Waals surface area contributed by atoms with Gasteiger partial charge in [0, 0.05) is 0 Å². The van der Waals surface area contributed by atoms with Crippen molar-refractivity contribution in [1.82, 2.24) is 0 Å². The molecular weight excluding hydrogens is 356 g/mol. The lowest BCUT2D eigenvalue weighted by Crippen LogP contribution is -2.42. The first kappa shape index (κ1) is 25.6. The van der Waals surface area contributed by atoms with Crippen molar-refractivity contribution >= 4 is 0 Å². The Bertz CT molecular complexity index is 374. The fourth-order valence-electron chi connectivity index (χ4n) is 3.65. The van der Waals surface area contributed by atoms with Crippen LogP contribution in [-0.4, -0.2) is 59.6 Å². The maximum Gasteiger partial charge on any atom is 0.114 e. The summed E-state index contributed by atoms with van der Waals surface area (Å²) in [6.07, 6.45) is 18.1. The van der Waals surface area contributed by atoms with Gasteiger partial charge in [-0.3, -0.25) is 0 Å². The predicted octanol–water partition coefficient (Wildman–Crippen LogP) is 4.13. The van der Waals surface area contributed by atoms with Crippen LogP contribution in [-0.2, 0) is 9.47 Å². The Morgan fingerprint density at radius 1 is 0.893 bits per heavy atom. The Morgan fingerprint density at radius 2 is 1.46 bits per heavy atom. The average molecular weight is 401 g/mol. The van der Waals surface area contributed by atoms with E-state index in [4.69, 9.17) is 9.47 Å². The second kappa shape index (κ2) is 17.4. The topological polar surface area (TPSA) is 79.2 Å². The van der Waals surface area contributed by atoms with Gasteiger partial charge in [-0.25, -0.2) is 0 Å². The van der Waals surface area contributed by atoms with Crippen LogP contribution in [0.25, 0.3) is 0 Å². The standard InChI is InChI=1S/C23H44O5/c1-2-3-4-5-6-7-8-9-10-11-12-13-14-15-16-17-27-21(18-24)23-22(26)20(25)19-28-23/h14-15,20-26H,2-13,16-19H2,1H3/b15-14+/t20-,21+,22+,23+/m1/s1. The SMILES string of the molecule is CCCCCCCCCCCCC/C=C/CCO[C@@H](CO)[C@@H]1OC[C@@H](O)[C@@H]1O. The highest BCUT2D eigenvalue weighted by molar-refractivity contribution is 4.89. The van der Waals surface area contributed by atoms with Gasteiger partial charge in [-0.2, -0.15) is 0 Å². The Morgan fingerprint density at radius 3 is 2.00 bits per heavy atom.